The predicted molar refractivity (Wildman–Crippen MR) is 145 cm³/mol. The number of unbranched alkanes of at least 4 members (excludes halogenated alkanes) is 1. The second kappa shape index (κ2) is 11.2. The van der Waals surface area contributed by atoms with Crippen molar-refractivity contribution in [2.45, 2.75) is 45.8 Å². The van der Waals surface area contributed by atoms with E-state index < -0.39 is 0 Å². The third kappa shape index (κ3) is 5.72. The van der Waals surface area contributed by atoms with Crippen LogP contribution in [-0.4, -0.2) is 26.0 Å². The van der Waals surface area contributed by atoms with Gasteiger partial charge in [0.2, 0.25) is 0 Å². The first-order valence-corrected chi connectivity index (χ1v) is 12.7. The molecule has 0 aliphatic rings. The summed E-state index contributed by atoms with van der Waals surface area (Å²) < 4.78 is 2.43. The highest BCUT2D eigenvalue weighted by molar-refractivity contribution is 5.79. The van der Waals surface area contributed by atoms with Crippen molar-refractivity contribution in [3.63, 3.8) is 0 Å². The van der Waals surface area contributed by atoms with E-state index in [1.165, 1.54) is 39.7 Å². The summed E-state index contributed by atoms with van der Waals surface area (Å²) in [5.41, 5.74) is 6.38. The summed E-state index contributed by atoms with van der Waals surface area (Å²) in [6, 6.07) is 30.3. The largest absolute Gasteiger partial charge is 0.361 e. The van der Waals surface area contributed by atoms with Crippen LogP contribution in [0.25, 0.3) is 22.3 Å². The molecule has 5 aromatic rings. The maximum absolute atomic E-state index is 4.88. The Morgan fingerprint density at radius 1 is 0.857 bits per heavy atom. The molecule has 0 saturated carbocycles. The third-order valence-electron chi connectivity index (χ3n) is 6.67. The molecule has 1 N–H and O–H groups in total. The van der Waals surface area contributed by atoms with Gasteiger partial charge >= 0.3 is 0 Å². The summed E-state index contributed by atoms with van der Waals surface area (Å²) in [6.45, 7) is 6.03. The van der Waals surface area contributed by atoms with Crippen molar-refractivity contribution in [1.82, 2.24) is 19.4 Å². The number of rotatable bonds is 11. The van der Waals surface area contributed by atoms with Crippen LogP contribution in [0.1, 0.15) is 36.6 Å². The van der Waals surface area contributed by atoms with Gasteiger partial charge in [-0.3, -0.25) is 4.90 Å². The first-order valence-electron chi connectivity index (χ1n) is 12.7. The average Bonchev–Trinajstić information content (AvgIpc) is 3.53. The molecule has 0 atom stereocenters. The van der Waals surface area contributed by atoms with E-state index in [4.69, 9.17) is 4.98 Å². The fourth-order valence-electron chi connectivity index (χ4n) is 4.75. The van der Waals surface area contributed by atoms with Gasteiger partial charge in [-0.25, -0.2) is 4.98 Å². The van der Waals surface area contributed by atoms with Crippen LogP contribution in [0, 0.1) is 0 Å². The van der Waals surface area contributed by atoms with Crippen LogP contribution in [0.15, 0.2) is 97.3 Å². The molecule has 0 aliphatic carbocycles. The van der Waals surface area contributed by atoms with Gasteiger partial charge in [0.05, 0.1) is 11.9 Å². The van der Waals surface area contributed by atoms with Gasteiger partial charge in [0.15, 0.2) is 0 Å². The molecule has 0 fully saturated rings. The Bertz CT molecular complexity index is 1330. The Morgan fingerprint density at radius 2 is 1.66 bits per heavy atom. The number of nitrogens with zero attached hydrogens (tertiary/aromatic N) is 3. The van der Waals surface area contributed by atoms with Crippen LogP contribution in [-0.2, 0) is 26.1 Å². The van der Waals surface area contributed by atoms with Gasteiger partial charge in [-0.15, -0.1) is 0 Å². The van der Waals surface area contributed by atoms with Gasteiger partial charge in [0.1, 0.15) is 5.82 Å². The molecule has 5 rings (SSSR count). The highest BCUT2D eigenvalue weighted by atomic mass is 15.2. The molecule has 0 amide bonds. The zero-order valence-electron chi connectivity index (χ0n) is 20.5. The van der Waals surface area contributed by atoms with Crippen LogP contribution in [0.3, 0.4) is 0 Å². The van der Waals surface area contributed by atoms with E-state index in [0.29, 0.717) is 0 Å². The number of imidazole rings is 1. The summed E-state index contributed by atoms with van der Waals surface area (Å²) in [5.74, 6) is 1.07. The Labute approximate surface area is 208 Å². The summed E-state index contributed by atoms with van der Waals surface area (Å²) >= 11 is 0. The monoisotopic (exact) mass is 462 g/mol. The summed E-state index contributed by atoms with van der Waals surface area (Å²) in [7, 11) is 0. The van der Waals surface area contributed by atoms with E-state index in [2.05, 4.69) is 113 Å². The Balaban J connectivity index is 1.42. The standard InChI is InChI=1S/C31H34N4/c1-2-3-19-35-29(22-33-31(35)27-12-8-5-9-13-27)24-34(20-17-25-10-6-4-7-11-25)23-26-14-15-30-28(21-26)16-18-32-30/h4-16,18,21-22,32H,2-3,17,19-20,23-24H2,1H3. The lowest BCUT2D eigenvalue weighted by atomic mass is 10.1. The number of nitrogens with one attached hydrogen (secondary N) is 1. The Hall–Kier alpha value is -3.63. The van der Waals surface area contributed by atoms with E-state index in [0.717, 1.165) is 44.8 Å². The lowest BCUT2D eigenvalue weighted by Crippen LogP contribution is -2.26. The molecular formula is C31H34N4. The minimum Gasteiger partial charge on any atom is -0.361 e. The molecule has 0 saturated heterocycles. The summed E-state index contributed by atoms with van der Waals surface area (Å²) in [5, 5.41) is 1.27. The fraction of sp³-hybridized carbons (Fsp3) is 0.258. The number of hydrogen-bond donors (Lipinski definition) is 1. The molecule has 4 heteroatoms. The van der Waals surface area contributed by atoms with Gasteiger partial charge in [-0.05, 0) is 47.6 Å². The molecule has 2 heterocycles. The van der Waals surface area contributed by atoms with Crippen molar-refractivity contribution < 1.29 is 0 Å². The first kappa shape index (κ1) is 23.1. The smallest absolute Gasteiger partial charge is 0.140 e. The zero-order valence-corrected chi connectivity index (χ0v) is 20.5. The van der Waals surface area contributed by atoms with E-state index in [-0.39, 0.29) is 0 Å². The number of aromatic amines is 1. The van der Waals surface area contributed by atoms with Crippen molar-refractivity contribution in [1.29, 1.82) is 0 Å². The Morgan fingerprint density at radius 3 is 2.46 bits per heavy atom. The second-order valence-corrected chi connectivity index (χ2v) is 9.29. The first-order chi connectivity index (χ1) is 17.3. The number of benzene rings is 3. The van der Waals surface area contributed by atoms with Crippen molar-refractivity contribution in [2.75, 3.05) is 6.54 Å². The molecule has 0 aliphatic heterocycles. The number of fused-ring (bicyclic) bond motifs is 1. The van der Waals surface area contributed by atoms with Crippen LogP contribution in [0.2, 0.25) is 0 Å². The summed E-state index contributed by atoms with van der Waals surface area (Å²) in [4.78, 5) is 10.8. The van der Waals surface area contributed by atoms with Gasteiger partial charge in [-0.1, -0.05) is 80.1 Å². The van der Waals surface area contributed by atoms with Crippen LogP contribution >= 0.6 is 0 Å². The van der Waals surface area contributed by atoms with Gasteiger partial charge in [0, 0.05) is 43.5 Å². The fourth-order valence-corrected chi connectivity index (χ4v) is 4.75. The molecule has 2 aromatic heterocycles. The molecule has 4 nitrogen and oxygen atoms in total. The number of hydrogen-bond acceptors (Lipinski definition) is 2. The van der Waals surface area contributed by atoms with Gasteiger partial charge < -0.3 is 9.55 Å². The highest BCUT2D eigenvalue weighted by Crippen LogP contribution is 2.23. The number of H-pyrrole nitrogens is 1. The highest BCUT2D eigenvalue weighted by Gasteiger charge is 2.16. The minimum atomic E-state index is 0.877. The quantitative estimate of drug-likeness (QED) is 0.228. The summed E-state index contributed by atoms with van der Waals surface area (Å²) in [6.07, 6.45) is 7.45. The van der Waals surface area contributed by atoms with Crippen molar-refractivity contribution in [3.05, 3.63) is 114 Å². The predicted octanol–water partition coefficient (Wildman–Crippen LogP) is 7.08. The van der Waals surface area contributed by atoms with Gasteiger partial charge in [0.25, 0.3) is 0 Å². The molecule has 0 bridgehead atoms. The van der Waals surface area contributed by atoms with E-state index in [9.17, 15) is 0 Å². The Kier molecular flexibility index (Phi) is 7.40. The maximum Gasteiger partial charge on any atom is 0.140 e. The molecule has 3 aromatic carbocycles. The molecule has 0 radical (unpaired) electrons. The van der Waals surface area contributed by atoms with Gasteiger partial charge in [-0.2, -0.15) is 0 Å². The molecular weight excluding hydrogens is 428 g/mol. The lowest BCUT2D eigenvalue weighted by molar-refractivity contribution is 0.253. The maximum atomic E-state index is 4.88. The number of aromatic nitrogens is 3. The average molecular weight is 463 g/mol. The minimum absolute atomic E-state index is 0.877. The van der Waals surface area contributed by atoms with Crippen LogP contribution in [0.4, 0.5) is 0 Å². The van der Waals surface area contributed by atoms with Crippen LogP contribution in [0.5, 0.6) is 0 Å². The topological polar surface area (TPSA) is 36.9 Å². The third-order valence-corrected chi connectivity index (χ3v) is 6.67. The lowest BCUT2D eigenvalue weighted by Gasteiger charge is -2.24. The van der Waals surface area contributed by atoms with E-state index in [1.54, 1.807) is 0 Å². The second-order valence-electron chi connectivity index (χ2n) is 9.29. The molecule has 178 valence electrons. The SMILES string of the molecule is CCCCn1c(CN(CCc2ccccc2)Cc2ccc3[nH]ccc3c2)cnc1-c1ccccc1. The van der Waals surface area contributed by atoms with Crippen molar-refractivity contribution in [3.8, 4) is 11.4 Å². The molecule has 0 spiro atoms. The van der Waals surface area contributed by atoms with Crippen LogP contribution < -0.4 is 0 Å². The van der Waals surface area contributed by atoms with Crippen molar-refractivity contribution >= 4 is 10.9 Å². The molecule has 0 unspecified atom stereocenters. The van der Waals surface area contributed by atoms with E-state index in [1.807, 2.05) is 6.20 Å². The van der Waals surface area contributed by atoms with Crippen molar-refractivity contribution in [2.24, 2.45) is 0 Å². The molecule has 35 heavy (non-hydrogen) atoms. The van der Waals surface area contributed by atoms with E-state index >= 15 is 0 Å². The normalized spacial score (nSPS) is 11.5. The zero-order chi connectivity index (χ0) is 23.9.